The minimum atomic E-state index is 0.473. The largest absolute Gasteiger partial charge is 0.372 e. The van der Waals surface area contributed by atoms with Crippen molar-refractivity contribution in [1.82, 2.24) is 15.2 Å². The molecule has 6 heteroatoms. The van der Waals surface area contributed by atoms with Crippen LogP contribution in [0, 0.1) is 13.8 Å². The van der Waals surface area contributed by atoms with Crippen molar-refractivity contribution >= 4 is 28.8 Å². The van der Waals surface area contributed by atoms with E-state index in [1.165, 1.54) is 36.1 Å². The Hall–Kier alpha value is -3.15. The van der Waals surface area contributed by atoms with E-state index in [-0.39, 0.29) is 0 Å². The monoisotopic (exact) mass is 374 g/mol. The number of nitrogens with zero attached hydrogens (tertiary/aromatic N) is 4. The summed E-state index contributed by atoms with van der Waals surface area (Å²) in [6.07, 6.45) is 5.52. The third-order valence-electron chi connectivity index (χ3n) is 5.05. The highest BCUT2D eigenvalue weighted by Crippen LogP contribution is 2.24. The second-order valence-corrected chi connectivity index (χ2v) is 7.33. The van der Waals surface area contributed by atoms with E-state index in [0.717, 1.165) is 24.5 Å². The zero-order valence-corrected chi connectivity index (χ0v) is 16.4. The fraction of sp³-hybridized carbons (Fsp3) is 0.318. The molecule has 6 nitrogen and oxygen atoms in total. The molecule has 0 atom stereocenters. The van der Waals surface area contributed by atoms with Crippen LogP contribution in [0.25, 0.3) is 0 Å². The van der Waals surface area contributed by atoms with E-state index in [1.807, 2.05) is 0 Å². The van der Waals surface area contributed by atoms with Crippen LogP contribution in [0.4, 0.5) is 28.8 Å². The van der Waals surface area contributed by atoms with Gasteiger partial charge in [0, 0.05) is 30.2 Å². The summed E-state index contributed by atoms with van der Waals surface area (Å²) in [5.41, 5.74) is 5.64. The lowest BCUT2D eigenvalue weighted by Crippen LogP contribution is -2.29. The van der Waals surface area contributed by atoms with Crippen molar-refractivity contribution in [3.8, 4) is 0 Å². The molecule has 0 aliphatic carbocycles. The lowest BCUT2D eigenvalue weighted by Gasteiger charge is -2.28. The van der Waals surface area contributed by atoms with Crippen molar-refractivity contribution in [1.29, 1.82) is 0 Å². The van der Waals surface area contributed by atoms with Gasteiger partial charge in [-0.2, -0.15) is 10.1 Å². The van der Waals surface area contributed by atoms with Crippen molar-refractivity contribution in [2.24, 2.45) is 0 Å². The van der Waals surface area contributed by atoms with Crippen molar-refractivity contribution in [2.75, 3.05) is 28.6 Å². The number of aromatic nitrogens is 3. The van der Waals surface area contributed by atoms with Crippen LogP contribution >= 0.6 is 0 Å². The highest BCUT2D eigenvalue weighted by Gasteiger charge is 2.11. The van der Waals surface area contributed by atoms with Crippen molar-refractivity contribution in [3.05, 3.63) is 59.8 Å². The molecule has 2 N–H and O–H groups in total. The quantitative estimate of drug-likeness (QED) is 0.657. The fourth-order valence-corrected chi connectivity index (χ4v) is 3.55. The maximum absolute atomic E-state index is 4.53. The van der Waals surface area contributed by atoms with Gasteiger partial charge in [0.05, 0.1) is 6.20 Å². The summed E-state index contributed by atoms with van der Waals surface area (Å²) in [5, 5.41) is 14.7. The third kappa shape index (κ3) is 4.39. The number of benzene rings is 2. The molecule has 0 spiro atoms. The summed E-state index contributed by atoms with van der Waals surface area (Å²) in [7, 11) is 0. The highest BCUT2D eigenvalue weighted by atomic mass is 15.3. The minimum absolute atomic E-state index is 0.473. The molecule has 1 aliphatic heterocycles. The first-order valence-electron chi connectivity index (χ1n) is 9.83. The molecule has 0 radical (unpaired) electrons. The van der Waals surface area contributed by atoms with Crippen LogP contribution in [0.1, 0.15) is 30.4 Å². The number of aryl methyl sites for hydroxylation is 2. The van der Waals surface area contributed by atoms with Crippen LogP contribution < -0.4 is 15.5 Å². The van der Waals surface area contributed by atoms with Crippen LogP contribution in [0.5, 0.6) is 0 Å². The number of anilines is 5. The zero-order chi connectivity index (χ0) is 19.3. The molecule has 1 aromatic heterocycles. The van der Waals surface area contributed by atoms with Gasteiger partial charge in [-0.3, -0.25) is 0 Å². The van der Waals surface area contributed by atoms with Crippen LogP contribution in [-0.2, 0) is 0 Å². The van der Waals surface area contributed by atoms with Crippen molar-refractivity contribution in [3.63, 3.8) is 0 Å². The molecule has 28 heavy (non-hydrogen) atoms. The molecule has 4 rings (SSSR count). The van der Waals surface area contributed by atoms with Gasteiger partial charge in [-0.1, -0.05) is 17.7 Å². The predicted octanol–water partition coefficient (Wildman–Crippen LogP) is 4.97. The first-order valence-corrected chi connectivity index (χ1v) is 9.83. The van der Waals surface area contributed by atoms with Gasteiger partial charge in [0.15, 0.2) is 5.82 Å². The number of rotatable bonds is 5. The molecule has 1 fully saturated rings. The normalized spacial score (nSPS) is 14.0. The van der Waals surface area contributed by atoms with Crippen molar-refractivity contribution < 1.29 is 0 Å². The van der Waals surface area contributed by atoms with Gasteiger partial charge < -0.3 is 15.5 Å². The smallest absolute Gasteiger partial charge is 0.249 e. The molecule has 0 amide bonds. The number of piperidine rings is 1. The van der Waals surface area contributed by atoms with E-state index in [4.69, 9.17) is 0 Å². The highest BCUT2D eigenvalue weighted by molar-refractivity contribution is 5.63. The Kier molecular flexibility index (Phi) is 5.37. The SMILES string of the molecule is Cc1ccc(Nc2cnnc(Nc3ccc(N4CCCCC4)cc3)n2)c(C)c1. The standard InChI is InChI=1S/C22H26N6/c1-16-6-11-20(17(2)14-16)25-21-15-23-27-22(26-21)24-18-7-9-19(10-8-18)28-12-4-3-5-13-28/h6-11,14-15H,3-5,12-13H2,1-2H3,(H2,24,25,26,27). The Labute approximate surface area is 166 Å². The number of hydrogen-bond donors (Lipinski definition) is 2. The Morgan fingerprint density at radius 3 is 2.43 bits per heavy atom. The van der Waals surface area contributed by atoms with E-state index >= 15 is 0 Å². The maximum Gasteiger partial charge on any atom is 0.249 e. The van der Waals surface area contributed by atoms with Gasteiger partial charge in [-0.25, -0.2) is 0 Å². The summed E-state index contributed by atoms with van der Waals surface area (Å²) in [6.45, 7) is 6.45. The van der Waals surface area contributed by atoms with Gasteiger partial charge >= 0.3 is 0 Å². The van der Waals surface area contributed by atoms with Crippen LogP contribution in [0.15, 0.2) is 48.7 Å². The van der Waals surface area contributed by atoms with E-state index in [2.05, 4.69) is 87.0 Å². The lowest BCUT2D eigenvalue weighted by atomic mass is 10.1. The topological polar surface area (TPSA) is 66.0 Å². The third-order valence-corrected chi connectivity index (χ3v) is 5.05. The first-order chi connectivity index (χ1) is 13.7. The molecular weight excluding hydrogens is 348 g/mol. The van der Waals surface area contributed by atoms with Crippen molar-refractivity contribution in [2.45, 2.75) is 33.1 Å². The molecule has 144 valence electrons. The van der Waals surface area contributed by atoms with E-state index in [0.29, 0.717) is 11.8 Å². The minimum Gasteiger partial charge on any atom is -0.372 e. The average molecular weight is 374 g/mol. The predicted molar refractivity (Wildman–Crippen MR) is 115 cm³/mol. The van der Waals surface area contributed by atoms with Crippen LogP contribution in [0.2, 0.25) is 0 Å². The molecule has 2 heterocycles. The second-order valence-electron chi connectivity index (χ2n) is 7.33. The average Bonchev–Trinajstić information content (AvgIpc) is 2.72. The van der Waals surface area contributed by atoms with Gasteiger partial charge in [0.2, 0.25) is 5.95 Å². The summed E-state index contributed by atoms with van der Waals surface area (Å²) in [6, 6.07) is 14.7. The number of hydrogen-bond acceptors (Lipinski definition) is 6. The Balaban J connectivity index is 1.44. The summed E-state index contributed by atoms with van der Waals surface area (Å²) in [5.74, 6) is 1.13. The molecule has 3 aromatic rings. The molecule has 0 saturated carbocycles. The second kappa shape index (κ2) is 8.25. The van der Waals surface area contributed by atoms with Gasteiger partial charge in [0.25, 0.3) is 0 Å². The van der Waals surface area contributed by atoms with Crippen LogP contribution in [0.3, 0.4) is 0 Å². The van der Waals surface area contributed by atoms with Gasteiger partial charge in [0.1, 0.15) is 0 Å². The molecule has 1 saturated heterocycles. The molecule has 0 unspecified atom stereocenters. The first kappa shape index (κ1) is 18.2. The van der Waals surface area contributed by atoms with Gasteiger partial charge in [-0.05, 0) is 69.0 Å². The summed E-state index contributed by atoms with van der Waals surface area (Å²) in [4.78, 5) is 6.98. The van der Waals surface area contributed by atoms with Gasteiger partial charge in [-0.15, -0.1) is 5.10 Å². The van der Waals surface area contributed by atoms with E-state index in [1.54, 1.807) is 6.20 Å². The molecule has 1 aliphatic rings. The van der Waals surface area contributed by atoms with E-state index in [9.17, 15) is 0 Å². The molecular formula is C22H26N6. The number of nitrogens with one attached hydrogen (secondary N) is 2. The Bertz CT molecular complexity index is 932. The lowest BCUT2D eigenvalue weighted by molar-refractivity contribution is 0.578. The Morgan fingerprint density at radius 2 is 1.68 bits per heavy atom. The van der Waals surface area contributed by atoms with E-state index < -0.39 is 0 Å². The molecule has 2 aromatic carbocycles. The Morgan fingerprint density at radius 1 is 0.893 bits per heavy atom. The fourth-order valence-electron chi connectivity index (χ4n) is 3.55. The summed E-state index contributed by atoms with van der Waals surface area (Å²) < 4.78 is 0. The molecule has 0 bridgehead atoms. The summed E-state index contributed by atoms with van der Waals surface area (Å²) >= 11 is 0. The van der Waals surface area contributed by atoms with Crippen LogP contribution in [-0.4, -0.2) is 28.3 Å². The maximum atomic E-state index is 4.53. The zero-order valence-electron chi connectivity index (χ0n) is 16.4.